The van der Waals surface area contributed by atoms with Crippen LogP contribution in [0.1, 0.15) is 6.42 Å². The largest absolute Gasteiger partial charge is 0.492 e. The Bertz CT molecular complexity index is 488. The molecule has 0 unspecified atom stereocenters. The SMILES string of the molecule is COCCNCCCOc1ccc(Cl)cc1Br.O=C(O)C(=O)O. The number of hydrogen-bond donors (Lipinski definition) is 3. The number of carboxylic acids is 2. The van der Waals surface area contributed by atoms with Crippen molar-refractivity contribution in [3.05, 3.63) is 27.7 Å². The molecule has 3 N–H and O–H groups in total. The average molecular weight is 413 g/mol. The fraction of sp³-hybridized carbons (Fsp3) is 0.429. The zero-order chi connectivity index (χ0) is 17.7. The number of halogens is 2. The van der Waals surface area contributed by atoms with Gasteiger partial charge in [-0.1, -0.05) is 11.6 Å². The van der Waals surface area contributed by atoms with E-state index < -0.39 is 11.9 Å². The summed E-state index contributed by atoms with van der Waals surface area (Å²) in [4.78, 5) is 18.2. The number of ether oxygens (including phenoxy) is 2. The van der Waals surface area contributed by atoms with Crippen LogP contribution in [0.2, 0.25) is 5.02 Å². The van der Waals surface area contributed by atoms with Crippen molar-refractivity contribution in [3.63, 3.8) is 0 Å². The van der Waals surface area contributed by atoms with Gasteiger partial charge in [0.05, 0.1) is 17.7 Å². The molecular weight excluding hydrogens is 394 g/mol. The Labute approximate surface area is 147 Å². The second kappa shape index (κ2) is 13.1. The minimum atomic E-state index is -1.82. The second-order valence-corrected chi connectivity index (χ2v) is 5.42. The van der Waals surface area contributed by atoms with Crippen LogP contribution >= 0.6 is 27.5 Å². The van der Waals surface area contributed by atoms with Crippen LogP contribution in [-0.2, 0) is 14.3 Å². The second-order valence-electron chi connectivity index (χ2n) is 4.13. The van der Waals surface area contributed by atoms with Gasteiger partial charge in [-0.3, -0.25) is 0 Å². The quantitative estimate of drug-likeness (QED) is 0.444. The summed E-state index contributed by atoms with van der Waals surface area (Å²) in [5.74, 6) is -2.82. The first-order valence-electron chi connectivity index (χ1n) is 6.62. The molecule has 0 atom stereocenters. The molecule has 1 aromatic carbocycles. The lowest BCUT2D eigenvalue weighted by Crippen LogP contribution is -2.21. The minimum Gasteiger partial charge on any atom is -0.492 e. The number of carbonyl (C=O) groups is 2. The molecule has 0 saturated heterocycles. The molecule has 1 rings (SSSR count). The standard InChI is InChI=1S/C12H17BrClNO2.C2H2O4/c1-16-8-6-15-5-2-7-17-12-4-3-10(14)9-11(12)13;3-1(4)2(5)6/h3-4,9,15H,2,5-8H2,1H3;(H,3,4)(H,5,6). The molecular formula is C14H19BrClNO6. The predicted octanol–water partition coefficient (Wildman–Crippen LogP) is 2.26. The molecule has 0 bridgehead atoms. The minimum absolute atomic E-state index is 0.681. The van der Waals surface area contributed by atoms with Gasteiger partial charge in [-0.05, 0) is 47.1 Å². The first-order chi connectivity index (χ1) is 10.9. The Hall–Kier alpha value is -1.35. The van der Waals surface area contributed by atoms with E-state index in [0.717, 1.165) is 36.3 Å². The van der Waals surface area contributed by atoms with E-state index in [1.807, 2.05) is 18.2 Å². The Kier molecular flexibility index (Phi) is 12.4. The molecule has 7 nitrogen and oxygen atoms in total. The Morgan fingerprint density at radius 1 is 1.22 bits per heavy atom. The molecule has 9 heteroatoms. The number of benzene rings is 1. The van der Waals surface area contributed by atoms with Crippen molar-refractivity contribution < 1.29 is 29.3 Å². The van der Waals surface area contributed by atoms with Crippen molar-refractivity contribution >= 4 is 39.5 Å². The third-order valence-electron chi connectivity index (χ3n) is 2.32. The van der Waals surface area contributed by atoms with Gasteiger partial charge in [-0.15, -0.1) is 0 Å². The molecule has 0 aliphatic heterocycles. The maximum atomic E-state index is 9.10. The molecule has 130 valence electrons. The molecule has 0 fully saturated rings. The Balaban J connectivity index is 0.000000688. The number of carboxylic acid groups (broad SMARTS) is 2. The van der Waals surface area contributed by atoms with E-state index in [4.69, 9.17) is 40.9 Å². The van der Waals surface area contributed by atoms with Crippen molar-refractivity contribution in [1.29, 1.82) is 0 Å². The number of aliphatic carboxylic acids is 2. The lowest BCUT2D eigenvalue weighted by molar-refractivity contribution is -0.159. The van der Waals surface area contributed by atoms with Crippen LogP contribution in [0.25, 0.3) is 0 Å². The van der Waals surface area contributed by atoms with Gasteiger partial charge >= 0.3 is 11.9 Å². The summed E-state index contributed by atoms with van der Waals surface area (Å²) in [6.07, 6.45) is 0.957. The molecule has 0 heterocycles. The van der Waals surface area contributed by atoms with E-state index >= 15 is 0 Å². The highest BCUT2D eigenvalue weighted by atomic mass is 79.9. The van der Waals surface area contributed by atoms with Crippen molar-refractivity contribution in [1.82, 2.24) is 5.32 Å². The topological polar surface area (TPSA) is 105 Å². The van der Waals surface area contributed by atoms with E-state index in [-0.39, 0.29) is 0 Å². The summed E-state index contributed by atoms with van der Waals surface area (Å²) in [6, 6.07) is 5.51. The molecule has 0 aliphatic rings. The summed E-state index contributed by atoms with van der Waals surface area (Å²) >= 11 is 9.25. The van der Waals surface area contributed by atoms with Crippen molar-refractivity contribution in [2.24, 2.45) is 0 Å². The van der Waals surface area contributed by atoms with Gasteiger partial charge < -0.3 is 25.0 Å². The molecule has 1 aromatic rings. The maximum absolute atomic E-state index is 9.10. The van der Waals surface area contributed by atoms with Crippen LogP contribution in [0.5, 0.6) is 5.75 Å². The van der Waals surface area contributed by atoms with Crippen LogP contribution < -0.4 is 10.1 Å². The summed E-state index contributed by atoms with van der Waals surface area (Å²) in [5.41, 5.74) is 0. The molecule has 0 saturated carbocycles. The summed E-state index contributed by atoms with van der Waals surface area (Å²) < 4.78 is 11.4. The van der Waals surface area contributed by atoms with Gasteiger partial charge in [-0.25, -0.2) is 9.59 Å². The van der Waals surface area contributed by atoms with Crippen molar-refractivity contribution in [2.75, 3.05) is 33.4 Å². The number of methoxy groups -OCH3 is 1. The summed E-state index contributed by atoms with van der Waals surface area (Å²) in [6.45, 7) is 3.22. The van der Waals surface area contributed by atoms with Gasteiger partial charge in [0.15, 0.2) is 0 Å². The van der Waals surface area contributed by atoms with Crippen molar-refractivity contribution in [2.45, 2.75) is 6.42 Å². The lowest BCUT2D eigenvalue weighted by atomic mass is 10.3. The van der Waals surface area contributed by atoms with Gasteiger partial charge in [-0.2, -0.15) is 0 Å². The zero-order valence-electron chi connectivity index (χ0n) is 12.6. The highest BCUT2D eigenvalue weighted by Crippen LogP contribution is 2.27. The molecule has 0 aromatic heterocycles. The highest BCUT2D eigenvalue weighted by molar-refractivity contribution is 9.10. The van der Waals surface area contributed by atoms with E-state index in [2.05, 4.69) is 21.2 Å². The fourth-order valence-electron chi connectivity index (χ4n) is 1.27. The molecule has 23 heavy (non-hydrogen) atoms. The van der Waals surface area contributed by atoms with E-state index in [1.165, 1.54) is 0 Å². The van der Waals surface area contributed by atoms with Crippen LogP contribution in [0, 0.1) is 0 Å². The highest BCUT2D eigenvalue weighted by Gasteiger charge is 2.04. The number of nitrogens with one attached hydrogen (secondary N) is 1. The summed E-state index contributed by atoms with van der Waals surface area (Å²) in [7, 11) is 1.70. The smallest absolute Gasteiger partial charge is 0.414 e. The van der Waals surface area contributed by atoms with E-state index in [1.54, 1.807) is 7.11 Å². The van der Waals surface area contributed by atoms with Gasteiger partial charge in [0, 0.05) is 18.7 Å². The monoisotopic (exact) mass is 411 g/mol. The van der Waals surface area contributed by atoms with E-state index in [9.17, 15) is 0 Å². The number of hydrogen-bond acceptors (Lipinski definition) is 5. The number of rotatable bonds is 8. The van der Waals surface area contributed by atoms with Crippen LogP contribution in [-0.4, -0.2) is 55.6 Å². The molecule has 0 amide bonds. The molecule has 0 spiro atoms. The third-order valence-corrected chi connectivity index (χ3v) is 3.17. The maximum Gasteiger partial charge on any atom is 0.414 e. The van der Waals surface area contributed by atoms with Gasteiger partial charge in [0.2, 0.25) is 0 Å². The fourth-order valence-corrected chi connectivity index (χ4v) is 2.07. The Morgan fingerprint density at radius 2 is 1.87 bits per heavy atom. The lowest BCUT2D eigenvalue weighted by Gasteiger charge is -2.08. The van der Waals surface area contributed by atoms with Crippen LogP contribution in [0.15, 0.2) is 22.7 Å². The first kappa shape index (κ1) is 21.6. The molecule has 0 aliphatic carbocycles. The third kappa shape index (κ3) is 11.8. The van der Waals surface area contributed by atoms with Crippen LogP contribution in [0.4, 0.5) is 0 Å². The average Bonchev–Trinajstić information content (AvgIpc) is 2.48. The van der Waals surface area contributed by atoms with Gasteiger partial charge in [0.25, 0.3) is 0 Å². The van der Waals surface area contributed by atoms with Gasteiger partial charge in [0.1, 0.15) is 5.75 Å². The summed E-state index contributed by atoms with van der Waals surface area (Å²) in [5, 5.41) is 18.7. The zero-order valence-corrected chi connectivity index (χ0v) is 14.9. The normalized spacial score (nSPS) is 9.70. The van der Waals surface area contributed by atoms with E-state index in [0.29, 0.717) is 11.6 Å². The first-order valence-corrected chi connectivity index (χ1v) is 7.79. The molecule has 0 radical (unpaired) electrons. The van der Waals surface area contributed by atoms with Crippen LogP contribution in [0.3, 0.4) is 0 Å². The van der Waals surface area contributed by atoms with Crippen molar-refractivity contribution in [3.8, 4) is 5.75 Å². The predicted molar refractivity (Wildman–Crippen MR) is 89.3 cm³/mol. The Morgan fingerprint density at radius 3 is 2.39 bits per heavy atom.